The molecule has 1 unspecified atom stereocenters. The minimum Gasteiger partial charge on any atom is -0.497 e. The summed E-state index contributed by atoms with van der Waals surface area (Å²) >= 11 is 0. The van der Waals surface area contributed by atoms with Gasteiger partial charge in [0.25, 0.3) is 0 Å². The second-order valence-electron chi connectivity index (χ2n) is 7.01. The number of hydrogen-bond acceptors (Lipinski definition) is 4. The van der Waals surface area contributed by atoms with Gasteiger partial charge >= 0.3 is 0 Å². The van der Waals surface area contributed by atoms with Crippen molar-refractivity contribution >= 4 is 29.9 Å². The number of nitrogens with zero attached hydrogens (tertiary/aromatic N) is 3. The molecule has 2 N–H and O–H groups in total. The number of piperidine rings is 1. The second-order valence-corrected chi connectivity index (χ2v) is 7.01. The van der Waals surface area contributed by atoms with Crippen LogP contribution < -0.4 is 15.4 Å². The van der Waals surface area contributed by atoms with Crippen LogP contribution in [0.5, 0.6) is 5.75 Å². The number of guanidine groups is 1. The van der Waals surface area contributed by atoms with Crippen LogP contribution in [0.2, 0.25) is 0 Å². The van der Waals surface area contributed by atoms with Crippen molar-refractivity contribution in [2.75, 3.05) is 33.8 Å². The largest absolute Gasteiger partial charge is 0.497 e. The lowest BCUT2D eigenvalue weighted by Crippen LogP contribution is -2.44. The molecule has 158 valence electrons. The second kappa shape index (κ2) is 12.6. The fourth-order valence-corrected chi connectivity index (χ4v) is 3.60. The highest BCUT2D eigenvalue weighted by atomic mass is 127. The molecular formula is C22H32IN5O. The van der Waals surface area contributed by atoms with Crippen LogP contribution in [-0.2, 0) is 6.54 Å². The smallest absolute Gasteiger partial charge is 0.191 e. The zero-order valence-corrected chi connectivity index (χ0v) is 19.6. The number of likely N-dealkylation sites (tertiary alicyclic amines) is 1. The third-order valence-electron chi connectivity index (χ3n) is 5.18. The molecule has 1 aliphatic heterocycles. The van der Waals surface area contributed by atoms with Gasteiger partial charge in [0.05, 0.1) is 25.4 Å². The van der Waals surface area contributed by atoms with Crippen molar-refractivity contribution in [3.63, 3.8) is 0 Å². The molecule has 1 atom stereocenters. The normalized spacial score (nSPS) is 15.9. The van der Waals surface area contributed by atoms with Gasteiger partial charge < -0.3 is 15.4 Å². The predicted octanol–water partition coefficient (Wildman–Crippen LogP) is 3.60. The predicted molar refractivity (Wildman–Crippen MR) is 129 cm³/mol. The molecule has 0 aliphatic carbocycles. The van der Waals surface area contributed by atoms with Crippen molar-refractivity contribution in [3.8, 4) is 5.75 Å². The van der Waals surface area contributed by atoms with E-state index in [0.717, 1.165) is 37.0 Å². The van der Waals surface area contributed by atoms with E-state index in [1.54, 1.807) is 14.2 Å². The van der Waals surface area contributed by atoms with Crippen LogP contribution in [0.25, 0.3) is 0 Å². The molecule has 2 aromatic rings. The number of methoxy groups -OCH3 is 1. The quantitative estimate of drug-likeness (QED) is 0.340. The average Bonchev–Trinajstić information content (AvgIpc) is 2.78. The molecule has 0 saturated carbocycles. The minimum atomic E-state index is 0. The maximum atomic E-state index is 5.32. The molecule has 2 heterocycles. The topological polar surface area (TPSA) is 61.8 Å². The van der Waals surface area contributed by atoms with Crippen molar-refractivity contribution < 1.29 is 4.74 Å². The number of nitrogens with one attached hydrogen (secondary N) is 2. The number of rotatable bonds is 7. The van der Waals surface area contributed by atoms with Gasteiger partial charge in [0.1, 0.15) is 5.75 Å². The molecule has 29 heavy (non-hydrogen) atoms. The van der Waals surface area contributed by atoms with Crippen LogP contribution in [-0.4, -0.2) is 49.6 Å². The third kappa shape index (κ3) is 7.15. The highest BCUT2D eigenvalue weighted by molar-refractivity contribution is 14.0. The highest BCUT2D eigenvalue weighted by Gasteiger charge is 2.22. The van der Waals surface area contributed by atoms with Crippen LogP contribution in [0.15, 0.2) is 53.7 Å². The van der Waals surface area contributed by atoms with Crippen LogP contribution in [0.3, 0.4) is 0 Å². The van der Waals surface area contributed by atoms with E-state index in [0.29, 0.717) is 12.6 Å². The van der Waals surface area contributed by atoms with Gasteiger partial charge in [-0.2, -0.15) is 0 Å². The van der Waals surface area contributed by atoms with Crippen molar-refractivity contribution in [1.82, 2.24) is 20.5 Å². The number of aromatic nitrogens is 1. The number of pyridine rings is 1. The monoisotopic (exact) mass is 509 g/mol. The van der Waals surface area contributed by atoms with Gasteiger partial charge in [0, 0.05) is 19.8 Å². The molecule has 1 saturated heterocycles. The summed E-state index contributed by atoms with van der Waals surface area (Å²) in [7, 11) is 3.51. The Morgan fingerprint density at radius 2 is 1.86 bits per heavy atom. The zero-order valence-electron chi connectivity index (χ0n) is 17.3. The molecule has 0 amide bonds. The van der Waals surface area contributed by atoms with Gasteiger partial charge in [-0.15, -0.1) is 24.0 Å². The Balaban J connectivity index is 0.00000300. The first kappa shape index (κ1) is 23.4. The average molecular weight is 509 g/mol. The fraction of sp³-hybridized carbons (Fsp3) is 0.455. The Labute approximate surface area is 191 Å². The van der Waals surface area contributed by atoms with Gasteiger partial charge in [-0.25, -0.2) is 0 Å². The minimum absolute atomic E-state index is 0. The van der Waals surface area contributed by atoms with Gasteiger partial charge in [-0.1, -0.05) is 24.6 Å². The van der Waals surface area contributed by atoms with Crippen molar-refractivity contribution in [3.05, 3.63) is 59.9 Å². The number of aliphatic imine (C=N–C) groups is 1. The molecule has 0 radical (unpaired) electrons. The maximum absolute atomic E-state index is 5.32. The number of ether oxygens (including phenoxy) is 1. The Hall–Kier alpha value is -1.87. The summed E-state index contributed by atoms with van der Waals surface area (Å²) in [5.74, 6) is 1.68. The SMILES string of the molecule is CN=C(NCc1ccccn1)NCC(c1ccc(OC)cc1)N1CCCCC1.I. The molecule has 7 heteroatoms. The number of benzene rings is 1. The first-order valence-electron chi connectivity index (χ1n) is 10.0. The molecule has 0 spiro atoms. The molecule has 0 bridgehead atoms. The summed E-state index contributed by atoms with van der Waals surface area (Å²) in [4.78, 5) is 11.3. The first-order valence-corrected chi connectivity index (χ1v) is 10.0. The summed E-state index contributed by atoms with van der Waals surface area (Å²) in [5.41, 5.74) is 2.29. The molecule has 1 aromatic heterocycles. The van der Waals surface area contributed by atoms with E-state index < -0.39 is 0 Å². The lowest BCUT2D eigenvalue weighted by atomic mass is 10.0. The van der Waals surface area contributed by atoms with Gasteiger partial charge in [-0.3, -0.25) is 14.9 Å². The number of halogens is 1. The Morgan fingerprint density at radius 1 is 1.10 bits per heavy atom. The van der Waals surface area contributed by atoms with Crippen molar-refractivity contribution in [2.45, 2.75) is 31.8 Å². The van der Waals surface area contributed by atoms with Crippen LogP contribution in [0.4, 0.5) is 0 Å². The molecular weight excluding hydrogens is 477 g/mol. The lowest BCUT2D eigenvalue weighted by Gasteiger charge is -2.35. The summed E-state index contributed by atoms with van der Waals surface area (Å²) in [6.45, 7) is 3.72. The van der Waals surface area contributed by atoms with E-state index in [9.17, 15) is 0 Å². The summed E-state index contributed by atoms with van der Waals surface area (Å²) in [6.07, 6.45) is 5.66. The van der Waals surface area contributed by atoms with E-state index in [1.807, 2.05) is 36.5 Å². The van der Waals surface area contributed by atoms with Crippen LogP contribution in [0, 0.1) is 0 Å². The molecule has 1 fully saturated rings. The molecule has 1 aliphatic rings. The van der Waals surface area contributed by atoms with Crippen LogP contribution in [0.1, 0.15) is 36.6 Å². The van der Waals surface area contributed by atoms with E-state index in [-0.39, 0.29) is 24.0 Å². The lowest BCUT2D eigenvalue weighted by molar-refractivity contribution is 0.164. The van der Waals surface area contributed by atoms with Crippen molar-refractivity contribution in [2.24, 2.45) is 4.99 Å². The first-order chi connectivity index (χ1) is 13.8. The van der Waals surface area contributed by atoms with Crippen molar-refractivity contribution in [1.29, 1.82) is 0 Å². The third-order valence-corrected chi connectivity index (χ3v) is 5.18. The molecule has 3 rings (SSSR count). The zero-order chi connectivity index (χ0) is 19.6. The Kier molecular flexibility index (Phi) is 10.2. The van der Waals surface area contributed by atoms with Crippen LogP contribution >= 0.6 is 24.0 Å². The van der Waals surface area contributed by atoms with Gasteiger partial charge in [0.2, 0.25) is 0 Å². The standard InChI is InChI=1S/C22H31N5O.HI/c1-23-22(25-16-19-8-4-5-13-24-19)26-17-21(27-14-6-3-7-15-27)18-9-11-20(28-2)12-10-18;/h4-5,8-13,21H,3,6-7,14-17H2,1-2H3,(H2,23,25,26);1H. The summed E-state index contributed by atoms with van der Waals surface area (Å²) in [5, 5.41) is 6.85. The Bertz CT molecular complexity index is 733. The Morgan fingerprint density at radius 3 is 2.48 bits per heavy atom. The molecule has 6 nitrogen and oxygen atoms in total. The highest BCUT2D eigenvalue weighted by Crippen LogP contribution is 2.25. The maximum Gasteiger partial charge on any atom is 0.191 e. The van der Waals surface area contributed by atoms with Gasteiger partial charge in [-0.05, 0) is 55.8 Å². The summed E-state index contributed by atoms with van der Waals surface area (Å²) < 4.78 is 5.32. The fourth-order valence-electron chi connectivity index (χ4n) is 3.60. The van der Waals surface area contributed by atoms with E-state index in [1.165, 1.54) is 24.8 Å². The van der Waals surface area contributed by atoms with E-state index in [4.69, 9.17) is 4.74 Å². The molecule has 1 aromatic carbocycles. The number of hydrogen-bond donors (Lipinski definition) is 2. The van der Waals surface area contributed by atoms with E-state index >= 15 is 0 Å². The van der Waals surface area contributed by atoms with E-state index in [2.05, 4.69) is 37.6 Å². The van der Waals surface area contributed by atoms with Gasteiger partial charge in [0.15, 0.2) is 5.96 Å². The summed E-state index contributed by atoms with van der Waals surface area (Å²) in [6, 6.07) is 14.7.